The summed E-state index contributed by atoms with van der Waals surface area (Å²) in [6, 6.07) is 3.64. The first-order valence-corrected chi connectivity index (χ1v) is 6.82. The minimum atomic E-state index is -1.04. The lowest BCUT2D eigenvalue weighted by Crippen LogP contribution is -2.08. The summed E-state index contributed by atoms with van der Waals surface area (Å²) in [6.07, 6.45) is 3.16. The molecular weight excluding hydrogens is 264 g/mol. The Morgan fingerprint density at radius 3 is 2.89 bits per heavy atom. The van der Waals surface area contributed by atoms with Crippen LogP contribution in [0.15, 0.2) is 33.9 Å². The molecule has 0 spiro atoms. The number of aromatic carboxylic acids is 1. The van der Waals surface area contributed by atoms with Crippen molar-refractivity contribution in [3.05, 3.63) is 41.9 Å². The van der Waals surface area contributed by atoms with Crippen molar-refractivity contribution in [2.24, 2.45) is 0 Å². The summed E-state index contributed by atoms with van der Waals surface area (Å²) in [4.78, 5) is 20.1. The number of hydrogen-bond acceptors (Lipinski definition) is 5. The normalized spacial score (nSPS) is 10.9. The van der Waals surface area contributed by atoms with Crippen LogP contribution in [-0.4, -0.2) is 21.0 Å². The third kappa shape index (κ3) is 3.35. The van der Waals surface area contributed by atoms with Crippen molar-refractivity contribution in [3.8, 4) is 0 Å². The van der Waals surface area contributed by atoms with Gasteiger partial charge >= 0.3 is 5.97 Å². The van der Waals surface area contributed by atoms with E-state index in [2.05, 4.69) is 9.97 Å². The van der Waals surface area contributed by atoms with Crippen molar-refractivity contribution in [1.82, 2.24) is 9.97 Å². The van der Waals surface area contributed by atoms with Crippen LogP contribution < -0.4 is 0 Å². The minimum absolute atomic E-state index is 0.0512. The summed E-state index contributed by atoms with van der Waals surface area (Å²) in [5, 5.41) is 9.20. The highest BCUT2D eigenvalue weighted by Gasteiger charge is 2.16. The first-order chi connectivity index (χ1) is 9.08. The van der Waals surface area contributed by atoms with Crippen LogP contribution in [0.5, 0.6) is 0 Å². The smallest absolute Gasteiger partial charge is 0.355 e. The molecule has 0 unspecified atom stereocenters. The van der Waals surface area contributed by atoms with Gasteiger partial charge in [-0.25, -0.2) is 14.8 Å². The van der Waals surface area contributed by atoms with Crippen LogP contribution in [-0.2, 0) is 5.75 Å². The van der Waals surface area contributed by atoms with Gasteiger partial charge in [0.2, 0.25) is 0 Å². The van der Waals surface area contributed by atoms with E-state index in [1.807, 2.05) is 19.9 Å². The molecule has 1 N–H and O–H groups in total. The second kappa shape index (κ2) is 5.88. The Kier molecular flexibility index (Phi) is 4.21. The monoisotopic (exact) mass is 278 g/mol. The lowest BCUT2D eigenvalue weighted by atomic mass is 10.2. The largest absolute Gasteiger partial charge is 0.476 e. The van der Waals surface area contributed by atoms with E-state index in [4.69, 9.17) is 4.42 Å². The lowest BCUT2D eigenvalue weighted by Gasteiger charge is -2.08. The zero-order valence-corrected chi connectivity index (χ0v) is 11.5. The van der Waals surface area contributed by atoms with Crippen molar-refractivity contribution in [2.75, 3.05) is 0 Å². The van der Waals surface area contributed by atoms with Crippen LogP contribution in [0.4, 0.5) is 0 Å². The van der Waals surface area contributed by atoms with Crippen LogP contribution in [0.3, 0.4) is 0 Å². The molecule has 19 heavy (non-hydrogen) atoms. The zero-order valence-electron chi connectivity index (χ0n) is 10.7. The van der Waals surface area contributed by atoms with Gasteiger partial charge in [-0.05, 0) is 12.1 Å². The average molecular weight is 278 g/mol. The van der Waals surface area contributed by atoms with Crippen LogP contribution in [0, 0.1) is 0 Å². The molecule has 2 heterocycles. The number of rotatable bonds is 5. The second-order valence-corrected chi connectivity index (χ2v) is 5.29. The Balaban J connectivity index is 2.21. The molecule has 0 saturated heterocycles. The minimum Gasteiger partial charge on any atom is -0.476 e. The van der Waals surface area contributed by atoms with Crippen molar-refractivity contribution >= 4 is 17.7 Å². The maximum absolute atomic E-state index is 11.2. The van der Waals surface area contributed by atoms with Gasteiger partial charge in [0, 0.05) is 12.1 Å². The van der Waals surface area contributed by atoms with Gasteiger partial charge in [0.1, 0.15) is 11.6 Å². The number of carbonyl (C=O) groups is 1. The number of carboxylic acids is 1. The molecule has 100 valence electrons. The summed E-state index contributed by atoms with van der Waals surface area (Å²) in [5.74, 6) is 0.944. The zero-order chi connectivity index (χ0) is 13.8. The van der Waals surface area contributed by atoms with Gasteiger partial charge in [-0.3, -0.25) is 0 Å². The third-order valence-electron chi connectivity index (χ3n) is 2.44. The molecule has 0 saturated carbocycles. The Hall–Kier alpha value is -1.82. The van der Waals surface area contributed by atoms with Crippen molar-refractivity contribution in [3.63, 3.8) is 0 Å². The average Bonchev–Trinajstić information content (AvgIpc) is 2.89. The molecule has 2 rings (SSSR count). The van der Waals surface area contributed by atoms with E-state index in [1.54, 1.807) is 18.5 Å². The molecule has 2 aromatic rings. The molecule has 0 radical (unpaired) electrons. The number of furan rings is 1. The van der Waals surface area contributed by atoms with E-state index in [1.165, 1.54) is 11.8 Å². The maximum Gasteiger partial charge on any atom is 0.355 e. The highest BCUT2D eigenvalue weighted by Crippen LogP contribution is 2.26. The number of hydrogen-bond donors (Lipinski definition) is 1. The summed E-state index contributed by atoms with van der Waals surface area (Å²) in [7, 11) is 0. The van der Waals surface area contributed by atoms with Crippen LogP contribution in [0.2, 0.25) is 0 Å². The molecule has 0 aliphatic heterocycles. The fraction of sp³-hybridized carbons (Fsp3) is 0.308. The van der Waals surface area contributed by atoms with Crippen molar-refractivity contribution in [2.45, 2.75) is 30.4 Å². The number of carboxylic acid groups (broad SMARTS) is 1. The molecule has 0 aromatic carbocycles. The van der Waals surface area contributed by atoms with E-state index in [9.17, 15) is 9.90 Å². The fourth-order valence-corrected chi connectivity index (χ4v) is 2.32. The highest BCUT2D eigenvalue weighted by atomic mass is 32.2. The number of aromatic nitrogens is 2. The molecule has 5 nitrogen and oxygen atoms in total. The SMILES string of the molecule is CC(C)c1ncc(SCc2ccco2)c(C(=O)O)n1. The Morgan fingerprint density at radius 2 is 2.32 bits per heavy atom. The van der Waals surface area contributed by atoms with Crippen LogP contribution in [0.25, 0.3) is 0 Å². The molecule has 0 fully saturated rings. The molecule has 0 amide bonds. The maximum atomic E-state index is 11.2. The van der Waals surface area contributed by atoms with E-state index >= 15 is 0 Å². The van der Waals surface area contributed by atoms with E-state index in [0.717, 1.165) is 5.76 Å². The topological polar surface area (TPSA) is 76.2 Å². The molecule has 0 aliphatic rings. The molecule has 0 atom stereocenters. The molecular formula is C13H14N2O3S. The Morgan fingerprint density at radius 1 is 1.53 bits per heavy atom. The van der Waals surface area contributed by atoms with Gasteiger partial charge in [0.25, 0.3) is 0 Å². The highest BCUT2D eigenvalue weighted by molar-refractivity contribution is 7.98. The van der Waals surface area contributed by atoms with Gasteiger partial charge in [-0.15, -0.1) is 11.8 Å². The molecule has 0 bridgehead atoms. The van der Waals surface area contributed by atoms with Crippen LogP contribution in [0.1, 0.15) is 41.8 Å². The van der Waals surface area contributed by atoms with Crippen molar-refractivity contribution < 1.29 is 14.3 Å². The summed E-state index contributed by atoms with van der Waals surface area (Å²) >= 11 is 1.35. The first-order valence-electron chi connectivity index (χ1n) is 5.83. The Labute approximate surface area is 115 Å². The van der Waals surface area contributed by atoms with Gasteiger partial charge in [-0.1, -0.05) is 13.8 Å². The number of thioether (sulfide) groups is 1. The van der Waals surface area contributed by atoms with Gasteiger partial charge < -0.3 is 9.52 Å². The fourth-order valence-electron chi connectivity index (χ4n) is 1.47. The van der Waals surface area contributed by atoms with Gasteiger partial charge in [-0.2, -0.15) is 0 Å². The lowest BCUT2D eigenvalue weighted by molar-refractivity contribution is 0.0685. The van der Waals surface area contributed by atoms with Gasteiger partial charge in [0.15, 0.2) is 5.69 Å². The predicted octanol–water partition coefficient (Wildman–Crippen LogP) is 3.18. The van der Waals surface area contributed by atoms with Crippen LogP contribution >= 0.6 is 11.8 Å². The second-order valence-electron chi connectivity index (χ2n) is 4.27. The first kappa shape index (κ1) is 13.6. The number of nitrogens with zero attached hydrogens (tertiary/aromatic N) is 2. The van der Waals surface area contributed by atoms with Crippen molar-refractivity contribution in [1.29, 1.82) is 0 Å². The molecule has 0 aliphatic carbocycles. The summed E-state index contributed by atoms with van der Waals surface area (Å²) in [6.45, 7) is 3.85. The third-order valence-corrected chi connectivity index (χ3v) is 3.48. The predicted molar refractivity (Wildman–Crippen MR) is 71.3 cm³/mol. The van der Waals surface area contributed by atoms with E-state index in [0.29, 0.717) is 16.5 Å². The summed E-state index contributed by atoms with van der Waals surface area (Å²) in [5.41, 5.74) is 0.0512. The molecule has 2 aromatic heterocycles. The quantitative estimate of drug-likeness (QED) is 0.846. The standard InChI is InChI=1S/C13H14N2O3S/c1-8(2)12-14-6-10(11(15-12)13(16)17)19-7-9-4-3-5-18-9/h3-6,8H,7H2,1-2H3,(H,16,17). The molecule has 6 heteroatoms. The van der Waals surface area contributed by atoms with Gasteiger partial charge in [0.05, 0.1) is 16.9 Å². The van der Waals surface area contributed by atoms with E-state index < -0.39 is 5.97 Å². The van der Waals surface area contributed by atoms with E-state index in [-0.39, 0.29) is 11.6 Å². The summed E-state index contributed by atoms with van der Waals surface area (Å²) < 4.78 is 5.21. The Bertz CT molecular complexity index is 567.